The van der Waals surface area contributed by atoms with Gasteiger partial charge in [-0.2, -0.15) is 0 Å². The van der Waals surface area contributed by atoms with Crippen molar-refractivity contribution in [3.05, 3.63) is 0 Å². The topological polar surface area (TPSA) is 36.4 Å². The van der Waals surface area contributed by atoms with E-state index >= 15 is 0 Å². The summed E-state index contributed by atoms with van der Waals surface area (Å²) in [7, 11) is 1.89. The first-order chi connectivity index (χ1) is 8.32. The predicted molar refractivity (Wildman–Crippen MR) is 71.1 cm³/mol. The highest BCUT2D eigenvalue weighted by Gasteiger charge is 2.53. The van der Waals surface area contributed by atoms with Gasteiger partial charge in [-0.05, 0) is 49.9 Å². The van der Waals surface area contributed by atoms with Crippen molar-refractivity contribution in [2.24, 2.45) is 16.3 Å². The van der Waals surface area contributed by atoms with Gasteiger partial charge in [-0.1, -0.05) is 12.8 Å². The summed E-state index contributed by atoms with van der Waals surface area (Å²) in [5.74, 6) is 2.06. The van der Waals surface area contributed by atoms with Gasteiger partial charge in [0.25, 0.3) is 0 Å². The van der Waals surface area contributed by atoms with Crippen LogP contribution in [0.3, 0.4) is 0 Å². The molecule has 3 rings (SSSR count). The van der Waals surface area contributed by atoms with E-state index in [1.165, 1.54) is 51.4 Å². The van der Waals surface area contributed by atoms with Crippen LogP contribution in [0, 0.1) is 11.3 Å². The van der Waals surface area contributed by atoms with Crippen molar-refractivity contribution in [2.75, 3.05) is 13.6 Å². The highest BCUT2D eigenvalue weighted by molar-refractivity contribution is 5.80. The summed E-state index contributed by atoms with van der Waals surface area (Å²) < 4.78 is 0. The van der Waals surface area contributed by atoms with Crippen molar-refractivity contribution in [1.82, 2.24) is 10.6 Å². The third-order valence-electron chi connectivity index (χ3n) is 4.86. The van der Waals surface area contributed by atoms with Gasteiger partial charge in [-0.15, -0.1) is 0 Å². The molecule has 3 saturated carbocycles. The molecule has 3 aliphatic rings. The van der Waals surface area contributed by atoms with E-state index in [2.05, 4.69) is 15.6 Å². The van der Waals surface area contributed by atoms with E-state index in [4.69, 9.17) is 0 Å². The van der Waals surface area contributed by atoms with Crippen LogP contribution in [0.5, 0.6) is 0 Å². The quantitative estimate of drug-likeness (QED) is 0.579. The smallest absolute Gasteiger partial charge is 0.191 e. The molecule has 0 atom stereocenters. The van der Waals surface area contributed by atoms with Gasteiger partial charge in [0.2, 0.25) is 0 Å². The molecule has 2 N–H and O–H groups in total. The molecule has 3 fully saturated rings. The van der Waals surface area contributed by atoms with Crippen LogP contribution in [0.1, 0.15) is 51.4 Å². The zero-order valence-electron chi connectivity index (χ0n) is 11.0. The van der Waals surface area contributed by atoms with Gasteiger partial charge in [0.05, 0.1) is 0 Å². The molecular formula is C14H25N3. The monoisotopic (exact) mass is 235 g/mol. The fourth-order valence-electron chi connectivity index (χ4n) is 3.30. The Kier molecular flexibility index (Phi) is 3.01. The summed E-state index contributed by atoms with van der Waals surface area (Å²) in [6.45, 7) is 1.14. The fraction of sp³-hybridized carbons (Fsp3) is 0.929. The molecule has 0 bridgehead atoms. The second kappa shape index (κ2) is 4.51. The van der Waals surface area contributed by atoms with E-state index in [1.807, 2.05) is 7.05 Å². The van der Waals surface area contributed by atoms with E-state index in [0.717, 1.165) is 18.4 Å². The Labute approximate surface area is 104 Å². The maximum absolute atomic E-state index is 4.36. The first-order valence-electron chi connectivity index (χ1n) is 7.30. The minimum atomic E-state index is 0.660. The number of hydrogen-bond acceptors (Lipinski definition) is 1. The molecule has 0 saturated heterocycles. The summed E-state index contributed by atoms with van der Waals surface area (Å²) >= 11 is 0. The Hall–Kier alpha value is -0.730. The largest absolute Gasteiger partial charge is 0.356 e. The fourth-order valence-corrected chi connectivity index (χ4v) is 3.30. The molecule has 0 amide bonds. The van der Waals surface area contributed by atoms with Crippen LogP contribution in [0.4, 0.5) is 0 Å². The standard InChI is InChI=1S/C14H25N3/c1-15-13(17-12-4-2-3-5-12)16-10-14(8-9-14)11-6-7-11/h11-12H,2-10H2,1H3,(H2,15,16,17). The van der Waals surface area contributed by atoms with Crippen LogP contribution >= 0.6 is 0 Å². The lowest BCUT2D eigenvalue weighted by Gasteiger charge is -2.20. The molecule has 3 heteroatoms. The van der Waals surface area contributed by atoms with Gasteiger partial charge >= 0.3 is 0 Å². The highest BCUT2D eigenvalue weighted by atomic mass is 15.2. The Balaban J connectivity index is 1.45. The normalized spacial score (nSPS) is 28.2. The number of nitrogens with zero attached hydrogens (tertiary/aromatic N) is 1. The van der Waals surface area contributed by atoms with E-state index in [-0.39, 0.29) is 0 Å². The Bertz CT molecular complexity index is 297. The average molecular weight is 235 g/mol. The molecule has 0 spiro atoms. The first-order valence-corrected chi connectivity index (χ1v) is 7.30. The zero-order chi connectivity index (χ0) is 11.7. The molecule has 17 heavy (non-hydrogen) atoms. The Morgan fingerprint density at radius 3 is 2.41 bits per heavy atom. The molecule has 96 valence electrons. The van der Waals surface area contributed by atoms with Crippen molar-refractivity contribution in [2.45, 2.75) is 57.4 Å². The number of guanidine groups is 1. The maximum Gasteiger partial charge on any atom is 0.191 e. The number of nitrogens with one attached hydrogen (secondary N) is 2. The van der Waals surface area contributed by atoms with Crippen molar-refractivity contribution >= 4 is 5.96 Å². The van der Waals surface area contributed by atoms with Gasteiger partial charge in [0.15, 0.2) is 5.96 Å². The summed E-state index contributed by atoms with van der Waals surface area (Å²) in [6, 6.07) is 0.664. The SMILES string of the molecule is CN=C(NCC1(C2CC2)CC1)NC1CCCC1. The molecule has 0 aromatic rings. The predicted octanol–water partition coefficient (Wildman–Crippen LogP) is 2.28. The van der Waals surface area contributed by atoms with Crippen molar-refractivity contribution < 1.29 is 0 Å². The minimum absolute atomic E-state index is 0.660. The summed E-state index contributed by atoms with van der Waals surface area (Å²) in [6.07, 6.45) is 11.2. The molecule has 3 aliphatic carbocycles. The Morgan fingerprint density at radius 2 is 1.88 bits per heavy atom. The van der Waals surface area contributed by atoms with Gasteiger partial charge in [0, 0.05) is 19.6 Å². The van der Waals surface area contributed by atoms with Gasteiger partial charge in [-0.25, -0.2) is 0 Å². The van der Waals surface area contributed by atoms with Crippen molar-refractivity contribution in [1.29, 1.82) is 0 Å². The summed E-state index contributed by atoms with van der Waals surface area (Å²) in [5, 5.41) is 7.12. The van der Waals surface area contributed by atoms with E-state index in [1.54, 1.807) is 0 Å². The lowest BCUT2D eigenvalue weighted by atomic mass is 10.0. The molecular weight excluding hydrogens is 210 g/mol. The van der Waals surface area contributed by atoms with Gasteiger partial charge < -0.3 is 10.6 Å². The molecule has 3 nitrogen and oxygen atoms in total. The van der Waals surface area contributed by atoms with Crippen molar-refractivity contribution in [3.8, 4) is 0 Å². The van der Waals surface area contributed by atoms with Gasteiger partial charge in [0.1, 0.15) is 0 Å². The van der Waals surface area contributed by atoms with Crippen LogP contribution in [0.15, 0.2) is 4.99 Å². The molecule has 0 heterocycles. The third kappa shape index (κ3) is 2.58. The average Bonchev–Trinajstić information content (AvgIpc) is 3.24. The van der Waals surface area contributed by atoms with Crippen LogP contribution in [-0.2, 0) is 0 Å². The number of aliphatic imine (C=N–C) groups is 1. The number of hydrogen-bond donors (Lipinski definition) is 2. The summed E-state index contributed by atoms with van der Waals surface area (Å²) in [5.41, 5.74) is 0.660. The third-order valence-corrected chi connectivity index (χ3v) is 4.86. The van der Waals surface area contributed by atoms with Crippen LogP contribution in [-0.4, -0.2) is 25.6 Å². The molecule has 0 aromatic carbocycles. The summed E-state index contributed by atoms with van der Waals surface area (Å²) in [4.78, 5) is 4.36. The maximum atomic E-state index is 4.36. The molecule has 0 unspecified atom stereocenters. The van der Waals surface area contributed by atoms with E-state index in [9.17, 15) is 0 Å². The highest BCUT2D eigenvalue weighted by Crippen LogP contribution is 2.60. The zero-order valence-corrected chi connectivity index (χ0v) is 11.0. The first kappa shape index (κ1) is 11.4. The van der Waals surface area contributed by atoms with Crippen LogP contribution < -0.4 is 10.6 Å². The van der Waals surface area contributed by atoms with Crippen LogP contribution in [0.2, 0.25) is 0 Å². The van der Waals surface area contributed by atoms with E-state index < -0.39 is 0 Å². The molecule has 0 radical (unpaired) electrons. The molecule has 0 aromatic heterocycles. The van der Waals surface area contributed by atoms with Crippen molar-refractivity contribution in [3.63, 3.8) is 0 Å². The number of rotatable bonds is 4. The Morgan fingerprint density at radius 1 is 1.18 bits per heavy atom. The second-order valence-corrected chi connectivity index (χ2v) is 6.19. The second-order valence-electron chi connectivity index (χ2n) is 6.19. The van der Waals surface area contributed by atoms with E-state index in [0.29, 0.717) is 11.5 Å². The van der Waals surface area contributed by atoms with Gasteiger partial charge in [-0.3, -0.25) is 4.99 Å². The lowest BCUT2D eigenvalue weighted by Crippen LogP contribution is -2.44. The minimum Gasteiger partial charge on any atom is -0.356 e. The van der Waals surface area contributed by atoms with Crippen LogP contribution in [0.25, 0.3) is 0 Å². The molecule has 0 aliphatic heterocycles. The lowest BCUT2D eigenvalue weighted by molar-refractivity contribution is 0.429.